The monoisotopic (exact) mass is 370 g/mol. The fourth-order valence-electron chi connectivity index (χ4n) is 2.00. The van der Waals surface area contributed by atoms with E-state index in [1.807, 2.05) is 0 Å². The first-order chi connectivity index (χ1) is 11.7. The Balaban J connectivity index is 2.75. The van der Waals surface area contributed by atoms with Crippen molar-refractivity contribution in [1.29, 1.82) is 0 Å². The van der Waals surface area contributed by atoms with E-state index >= 15 is 0 Å². The molecule has 0 fully saturated rings. The van der Waals surface area contributed by atoms with Gasteiger partial charge in [0, 0.05) is 0 Å². The minimum atomic E-state index is -3.85. The molecule has 0 saturated carbocycles. The lowest BCUT2D eigenvalue weighted by atomic mass is 10.1. The van der Waals surface area contributed by atoms with Gasteiger partial charge in [0.15, 0.2) is 6.61 Å². The fraction of sp³-hybridized carbons (Fsp3) is 0.375. The van der Waals surface area contributed by atoms with Crippen molar-refractivity contribution in [2.75, 3.05) is 12.9 Å². The average Bonchev–Trinajstić information content (AvgIpc) is 2.54. The number of hydrogen-bond acceptors (Lipinski definition) is 6. The maximum atomic E-state index is 12.0. The van der Waals surface area contributed by atoms with Crippen molar-refractivity contribution in [3.8, 4) is 5.75 Å². The van der Waals surface area contributed by atoms with E-state index in [9.17, 15) is 18.0 Å². The van der Waals surface area contributed by atoms with Gasteiger partial charge in [0.25, 0.3) is 16.0 Å². The number of amides is 2. The first-order valence-electron chi connectivity index (χ1n) is 7.48. The summed E-state index contributed by atoms with van der Waals surface area (Å²) in [6, 6.07) is 7.29. The molecule has 138 valence electrons. The highest BCUT2D eigenvalue weighted by molar-refractivity contribution is 7.86. The molecule has 1 aromatic rings. The van der Waals surface area contributed by atoms with Crippen LogP contribution in [-0.4, -0.2) is 45.2 Å². The van der Waals surface area contributed by atoms with Crippen LogP contribution < -0.4 is 15.8 Å². The van der Waals surface area contributed by atoms with Crippen molar-refractivity contribution >= 4 is 21.9 Å². The molecule has 25 heavy (non-hydrogen) atoms. The van der Waals surface area contributed by atoms with Gasteiger partial charge in [-0.15, -0.1) is 6.58 Å². The van der Waals surface area contributed by atoms with E-state index in [1.165, 1.54) is 6.08 Å². The number of primary amides is 1. The highest BCUT2D eigenvalue weighted by atomic mass is 32.2. The van der Waals surface area contributed by atoms with Crippen molar-refractivity contribution in [3.63, 3.8) is 0 Å². The summed E-state index contributed by atoms with van der Waals surface area (Å²) in [5.41, 5.74) is 5.29. The molecule has 0 aliphatic rings. The zero-order valence-electron chi connectivity index (χ0n) is 13.9. The summed E-state index contributed by atoms with van der Waals surface area (Å²) in [4.78, 5) is 23.7. The summed E-state index contributed by atoms with van der Waals surface area (Å²) in [6.45, 7) is 3.17. The topological polar surface area (TPSA) is 125 Å². The molecule has 3 N–H and O–H groups in total. The average molecular weight is 370 g/mol. The molecule has 0 spiro atoms. The molecule has 9 heteroatoms. The van der Waals surface area contributed by atoms with E-state index < -0.39 is 34.1 Å². The smallest absolute Gasteiger partial charge is 0.264 e. The van der Waals surface area contributed by atoms with E-state index in [0.717, 1.165) is 6.26 Å². The molecule has 1 rings (SSSR count). The maximum Gasteiger partial charge on any atom is 0.264 e. The molecule has 0 radical (unpaired) electrons. The van der Waals surface area contributed by atoms with Crippen LogP contribution in [0.5, 0.6) is 5.75 Å². The van der Waals surface area contributed by atoms with Crippen molar-refractivity contribution < 1.29 is 26.9 Å². The molecule has 0 heterocycles. The van der Waals surface area contributed by atoms with Crippen molar-refractivity contribution in [1.82, 2.24) is 5.32 Å². The maximum absolute atomic E-state index is 12.0. The second-order valence-corrected chi connectivity index (χ2v) is 6.85. The van der Waals surface area contributed by atoms with E-state index in [1.54, 1.807) is 30.3 Å². The van der Waals surface area contributed by atoms with Crippen LogP contribution in [0.1, 0.15) is 12.8 Å². The van der Waals surface area contributed by atoms with E-state index in [4.69, 9.17) is 14.7 Å². The Kier molecular flexibility index (Phi) is 8.09. The molecule has 0 bridgehead atoms. The Hall–Kier alpha value is -2.39. The lowest BCUT2D eigenvalue weighted by Crippen LogP contribution is -2.54. The Morgan fingerprint density at radius 1 is 1.32 bits per heavy atom. The standard InChI is InChI=1S/C16H22N2O6S/c1-3-4-10-13(24-25(2,21)22)15(16(17)20)18-14(19)11-23-12-8-6-5-7-9-12/h3,5-9,13,15H,1,4,10-11H2,2H3,(H2,17,20)(H,18,19)/t13-,15-/m0/s1. The number of nitrogens with one attached hydrogen (secondary N) is 1. The largest absolute Gasteiger partial charge is 0.484 e. The SMILES string of the molecule is C=CCC[C@H](OS(C)(=O)=O)[C@H](NC(=O)COc1ccccc1)C(N)=O. The predicted octanol–water partition coefficient (Wildman–Crippen LogP) is 0.346. The van der Waals surface area contributed by atoms with Crippen LogP contribution in [0, 0.1) is 0 Å². The van der Waals surface area contributed by atoms with Gasteiger partial charge in [-0.3, -0.25) is 13.8 Å². The lowest BCUT2D eigenvalue weighted by Gasteiger charge is -2.24. The Labute approximate surface area is 147 Å². The number of hydrogen-bond donors (Lipinski definition) is 2. The van der Waals surface area contributed by atoms with Gasteiger partial charge in [0.2, 0.25) is 5.91 Å². The summed E-state index contributed by atoms with van der Waals surface area (Å²) in [6.07, 6.45) is 1.78. The van der Waals surface area contributed by atoms with Crippen molar-refractivity contribution in [2.45, 2.75) is 25.0 Å². The first kappa shape index (κ1) is 20.7. The third kappa shape index (κ3) is 8.32. The molecular formula is C16H22N2O6S. The predicted molar refractivity (Wildman–Crippen MR) is 92.2 cm³/mol. The van der Waals surface area contributed by atoms with Crippen LogP contribution in [0.2, 0.25) is 0 Å². The second kappa shape index (κ2) is 9.80. The second-order valence-electron chi connectivity index (χ2n) is 5.25. The molecule has 2 amide bonds. The minimum Gasteiger partial charge on any atom is -0.484 e. The number of rotatable bonds is 11. The summed E-state index contributed by atoms with van der Waals surface area (Å²) in [5.74, 6) is -1.07. The Morgan fingerprint density at radius 3 is 2.48 bits per heavy atom. The number of carbonyl (C=O) groups excluding carboxylic acids is 2. The molecule has 8 nitrogen and oxygen atoms in total. The normalized spacial score (nSPS) is 13.5. The van der Waals surface area contributed by atoms with Gasteiger partial charge >= 0.3 is 0 Å². The minimum absolute atomic E-state index is 0.143. The van der Waals surface area contributed by atoms with Gasteiger partial charge in [0.1, 0.15) is 17.9 Å². The summed E-state index contributed by atoms with van der Waals surface area (Å²) in [5, 5.41) is 2.36. The lowest BCUT2D eigenvalue weighted by molar-refractivity contribution is -0.130. The van der Waals surface area contributed by atoms with E-state index in [0.29, 0.717) is 12.2 Å². The van der Waals surface area contributed by atoms with Gasteiger partial charge in [-0.1, -0.05) is 24.3 Å². The van der Waals surface area contributed by atoms with Crippen LogP contribution in [0.25, 0.3) is 0 Å². The van der Waals surface area contributed by atoms with Crippen molar-refractivity contribution in [3.05, 3.63) is 43.0 Å². The Bertz CT molecular complexity index is 690. The zero-order valence-corrected chi connectivity index (χ0v) is 14.7. The molecule has 1 aromatic carbocycles. The summed E-state index contributed by atoms with van der Waals surface area (Å²) in [7, 11) is -3.85. The third-order valence-electron chi connectivity index (χ3n) is 3.06. The van der Waals surface area contributed by atoms with Gasteiger partial charge < -0.3 is 15.8 Å². The van der Waals surface area contributed by atoms with E-state index in [2.05, 4.69) is 11.9 Å². The summed E-state index contributed by atoms with van der Waals surface area (Å²) >= 11 is 0. The van der Waals surface area contributed by atoms with Crippen LogP contribution in [-0.2, 0) is 23.9 Å². The van der Waals surface area contributed by atoms with Gasteiger partial charge in [-0.25, -0.2) is 0 Å². The zero-order chi connectivity index (χ0) is 18.9. The number of nitrogens with two attached hydrogens (primary N) is 1. The molecule has 2 atom stereocenters. The molecular weight excluding hydrogens is 348 g/mol. The van der Waals surface area contributed by atoms with Crippen LogP contribution in [0.4, 0.5) is 0 Å². The van der Waals surface area contributed by atoms with Crippen LogP contribution in [0.3, 0.4) is 0 Å². The van der Waals surface area contributed by atoms with E-state index in [-0.39, 0.29) is 13.0 Å². The summed E-state index contributed by atoms with van der Waals surface area (Å²) < 4.78 is 32.9. The highest BCUT2D eigenvalue weighted by Crippen LogP contribution is 2.12. The number of para-hydroxylation sites is 1. The molecule has 0 aromatic heterocycles. The molecule has 0 unspecified atom stereocenters. The van der Waals surface area contributed by atoms with Crippen LogP contribution in [0.15, 0.2) is 43.0 Å². The molecule has 0 aliphatic heterocycles. The van der Waals surface area contributed by atoms with Gasteiger partial charge in [0.05, 0.1) is 6.26 Å². The number of allylic oxidation sites excluding steroid dienone is 1. The highest BCUT2D eigenvalue weighted by Gasteiger charge is 2.31. The van der Waals surface area contributed by atoms with Gasteiger partial charge in [-0.05, 0) is 25.0 Å². The van der Waals surface area contributed by atoms with Gasteiger partial charge in [-0.2, -0.15) is 8.42 Å². The van der Waals surface area contributed by atoms with Crippen LogP contribution >= 0.6 is 0 Å². The number of ether oxygens (including phenoxy) is 1. The third-order valence-corrected chi connectivity index (χ3v) is 3.66. The Morgan fingerprint density at radius 2 is 1.96 bits per heavy atom. The quantitative estimate of drug-likeness (QED) is 0.428. The number of carbonyl (C=O) groups is 2. The first-order valence-corrected chi connectivity index (χ1v) is 9.30. The fourth-order valence-corrected chi connectivity index (χ4v) is 2.66. The molecule has 0 saturated heterocycles. The van der Waals surface area contributed by atoms with Crippen molar-refractivity contribution in [2.24, 2.45) is 5.73 Å². The number of benzene rings is 1. The molecule has 0 aliphatic carbocycles.